The molecule has 2 aliphatic carbocycles. The predicted octanol–water partition coefficient (Wildman–Crippen LogP) is 5.53. The SMILES string of the molecule is O=C(C1=C(C2=Cc3ccccc3C2)Cc2cc(Br)ccc21)C(F)(F)F. The summed E-state index contributed by atoms with van der Waals surface area (Å²) in [5, 5.41) is 0. The lowest BCUT2D eigenvalue weighted by Gasteiger charge is -2.11. The summed E-state index contributed by atoms with van der Waals surface area (Å²) in [6, 6.07) is 12.8. The van der Waals surface area contributed by atoms with E-state index in [2.05, 4.69) is 15.9 Å². The van der Waals surface area contributed by atoms with Crippen molar-refractivity contribution < 1.29 is 18.0 Å². The van der Waals surface area contributed by atoms with Gasteiger partial charge < -0.3 is 0 Å². The van der Waals surface area contributed by atoms with Gasteiger partial charge in [0.05, 0.1) is 0 Å². The molecule has 0 amide bonds. The van der Waals surface area contributed by atoms with Crippen molar-refractivity contribution in [2.45, 2.75) is 19.0 Å². The molecule has 1 nitrogen and oxygen atoms in total. The van der Waals surface area contributed by atoms with E-state index in [0.29, 0.717) is 24.0 Å². The third-order valence-corrected chi connectivity index (χ3v) is 5.14. The van der Waals surface area contributed by atoms with Gasteiger partial charge in [0, 0.05) is 10.0 Å². The molecule has 0 radical (unpaired) electrons. The quantitative estimate of drug-likeness (QED) is 0.642. The number of fused-ring (bicyclic) bond motifs is 2. The third-order valence-electron chi connectivity index (χ3n) is 4.64. The summed E-state index contributed by atoms with van der Waals surface area (Å²) in [4.78, 5) is 12.1. The Hall–Kier alpha value is -2.14. The molecule has 0 fully saturated rings. The molecule has 2 aromatic carbocycles. The summed E-state index contributed by atoms with van der Waals surface area (Å²) in [5.74, 6) is -1.76. The molecule has 5 heteroatoms. The number of ketones is 1. The van der Waals surface area contributed by atoms with E-state index < -0.39 is 12.0 Å². The molecular weight excluding hydrogens is 393 g/mol. The largest absolute Gasteiger partial charge is 0.454 e. The summed E-state index contributed by atoms with van der Waals surface area (Å²) in [6.07, 6.45) is -2.10. The Morgan fingerprint density at radius 3 is 2.48 bits per heavy atom. The Balaban J connectivity index is 1.86. The van der Waals surface area contributed by atoms with Crippen molar-refractivity contribution in [3.8, 4) is 0 Å². The molecule has 0 heterocycles. The first-order chi connectivity index (χ1) is 11.8. The zero-order valence-electron chi connectivity index (χ0n) is 13.0. The molecule has 4 rings (SSSR count). The summed E-state index contributed by atoms with van der Waals surface area (Å²) < 4.78 is 40.3. The molecule has 0 saturated carbocycles. The number of carbonyl (C=O) groups excluding carboxylic acids is 1. The Morgan fingerprint density at radius 2 is 1.76 bits per heavy atom. The van der Waals surface area contributed by atoms with Gasteiger partial charge in [-0.2, -0.15) is 13.2 Å². The fourth-order valence-electron chi connectivity index (χ4n) is 3.54. The zero-order chi connectivity index (χ0) is 17.8. The van der Waals surface area contributed by atoms with Gasteiger partial charge >= 0.3 is 6.18 Å². The summed E-state index contributed by atoms with van der Waals surface area (Å²) in [5.41, 5.74) is 4.29. The van der Waals surface area contributed by atoms with Crippen LogP contribution < -0.4 is 0 Å². The number of benzene rings is 2. The van der Waals surface area contributed by atoms with Crippen molar-refractivity contribution >= 4 is 33.4 Å². The van der Waals surface area contributed by atoms with Crippen molar-refractivity contribution in [1.82, 2.24) is 0 Å². The number of allylic oxidation sites excluding steroid dienone is 3. The van der Waals surface area contributed by atoms with Crippen molar-refractivity contribution in [3.63, 3.8) is 0 Å². The molecule has 126 valence electrons. The maximum atomic E-state index is 13.2. The first-order valence-electron chi connectivity index (χ1n) is 7.77. The molecule has 2 aliphatic rings. The molecule has 0 aromatic heterocycles. The first-order valence-corrected chi connectivity index (χ1v) is 8.56. The van der Waals surface area contributed by atoms with Gasteiger partial charge in [0.1, 0.15) is 0 Å². The van der Waals surface area contributed by atoms with Crippen LogP contribution in [-0.2, 0) is 17.6 Å². The van der Waals surface area contributed by atoms with Crippen LogP contribution in [0.25, 0.3) is 11.6 Å². The molecule has 25 heavy (non-hydrogen) atoms. The normalized spacial score (nSPS) is 15.9. The van der Waals surface area contributed by atoms with Gasteiger partial charge in [-0.1, -0.05) is 52.3 Å². The van der Waals surface area contributed by atoms with Crippen LogP contribution in [0.2, 0.25) is 0 Å². The monoisotopic (exact) mass is 404 g/mol. The van der Waals surface area contributed by atoms with Gasteiger partial charge in [-0.15, -0.1) is 0 Å². The van der Waals surface area contributed by atoms with Crippen LogP contribution in [-0.4, -0.2) is 12.0 Å². The van der Waals surface area contributed by atoms with Gasteiger partial charge in [0.2, 0.25) is 0 Å². The van der Waals surface area contributed by atoms with Gasteiger partial charge in [-0.3, -0.25) is 4.79 Å². The number of rotatable bonds is 2. The van der Waals surface area contributed by atoms with E-state index in [1.54, 1.807) is 18.2 Å². The van der Waals surface area contributed by atoms with Crippen molar-refractivity contribution in [2.24, 2.45) is 0 Å². The van der Waals surface area contributed by atoms with E-state index in [-0.39, 0.29) is 5.57 Å². The van der Waals surface area contributed by atoms with E-state index in [0.717, 1.165) is 26.7 Å². The molecule has 0 aliphatic heterocycles. The van der Waals surface area contributed by atoms with Crippen LogP contribution in [0.1, 0.15) is 22.3 Å². The lowest BCUT2D eigenvalue weighted by molar-refractivity contribution is -0.164. The Bertz CT molecular complexity index is 967. The predicted molar refractivity (Wildman–Crippen MR) is 94.0 cm³/mol. The van der Waals surface area contributed by atoms with Gasteiger partial charge in [0.15, 0.2) is 0 Å². The summed E-state index contributed by atoms with van der Waals surface area (Å²) in [6.45, 7) is 0. The molecule has 0 saturated heterocycles. The zero-order valence-corrected chi connectivity index (χ0v) is 14.5. The Morgan fingerprint density at radius 1 is 1.00 bits per heavy atom. The highest BCUT2D eigenvalue weighted by Gasteiger charge is 2.44. The smallest absolute Gasteiger partial charge is 0.284 e. The van der Waals surface area contributed by atoms with Crippen LogP contribution in [0.15, 0.2) is 58.1 Å². The van der Waals surface area contributed by atoms with Crippen molar-refractivity contribution in [1.29, 1.82) is 0 Å². The minimum Gasteiger partial charge on any atom is -0.284 e. The topological polar surface area (TPSA) is 17.1 Å². The molecule has 0 spiro atoms. The van der Waals surface area contributed by atoms with Crippen molar-refractivity contribution in [2.75, 3.05) is 0 Å². The molecule has 0 unspecified atom stereocenters. The van der Waals surface area contributed by atoms with Crippen LogP contribution >= 0.6 is 15.9 Å². The number of halogens is 4. The highest BCUT2D eigenvalue weighted by Crippen LogP contribution is 2.44. The highest BCUT2D eigenvalue weighted by molar-refractivity contribution is 9.10. The molecule has 2 aromatic rings. The van der Waals surface area contributed by atoms with Gasteiger partial charge in [-0.05, 0) is 58.4 Å². The molecule has 0 bridgehead atoms. The van der Waals surface area contributed by atoms with E-state index >= 15 is 0 Å². The minimum atomic E-state index is -4.89. The van der Waals surface area contributed by atoms with E-state index in [4.69, 9.17) is 0 Å². The van der Waals surface area contributed by atoms with Crippen LogP contribution in [0.3, 0.4) is 0 Å². The average molecular weight is 405 g/mol. The third kappa shape index (κ3) is 2.76. The maximum Gasteiger partial charge on any atom is 0.454 e. The van der Waals surface area contributed by atoms with E-state index in [1.165, 1.54) is 0 Å². The molecule has 0 N–H and O–H groups in total. The first kappa shape index (κ1) is 16.3. The standard InChI is InChI=1S/C20H12BrF3O/c21-15-5-6-16-14(9-15)10-17(18(16)19(25)20(22,23)24)13-7-11-3-1-2-4-12(11)8-13/h1-7,9H,8,10H2. The Kier molecular flexibility index (Phi) is 3.72. The second-order valence-electron chi connectivity index (χ2n) is 6.20. The highest BCUT2D eigenvalue weighted by atomic mass is 79.9. The lowest BCUT2D eigenvalue weighted by atomic mass is 9.96. The molecule has 0 atom stereocenters. The number of carbonyl (C=O) groups is 1. The maximum absolute atomic E-state index is 13.2. The van der Waals surface area contributed by atoms with Crippen LogP contribution in [0, 0.1) is 0 Å². The minimum absolute atomic E-state index is 0.200. The number of hydrogen-bond acceptors (Lipinski definition) is 1. The Labute approximate surface area is 151 Å². The molecular formula is C20H12BrF3O. The number of hydrogen-bond donors (Lipinski definition) is 0. The number of Topliss-reactive ketones (excluding diaryl/α,β-unsaturated/α-hetero) is 1. The van der Waals surface area contributed by atoms with Crippen LogP contribution in [0.5, 0.6) is 0 Å². The lowest BCUT2D eigenvalue weighted by Crippen LogP contribution is -2.24. The van der Waals surface area contributed by atoms with Crippen LogP contribution in [0.4, 0.5) is 13.2 Å². The summed E-state index contributed by atoms with van der Waals surface area (Å²) >= 11 is 3.35. The van der Waals surface area contributed by atoms with Gasteiger partial charge in [0.25, 0.3) is 5.78 Å². The fourth-order valence-corrected chi connectivity index (χ4v) is 3.95. The van der Waals surface area contributed by atoms with E-state index in [1.807, 2.05) is 30.3 Å². The van der Waals surface area contributed by atoms with Crippen molar-refractivity contribution in [3.05, 3.63) is 80.3 Å². The fraction of sp³-hybridized carbons (Fsp3) is 0.150. The van der Waals surface area contributed by atoms with Gasteiger partial charge in [-0.25, -0.2) is 0 Å². The number of alkyl halides is 3. The van der Waals surface area contributed by atoms with E-state index in [9.17, 15) is 18.0 Å². The second kappa shape index (κ2) is 5.70. The summed E-state index contributed by atoms with van der Waals surface area (Å²) in [7, 11) is 0. The average Bonchev–Trinajstić information content (AvgIpc) is 3.13. The second-order valence-corrected chi connectivity index (χ2v) is 7.12.